The molecule has 1 aromatic heterocycles. The van der Waals surface area contributed by atoms with Crippen molar-refractivity contribution in [1.29, 1.82) is 0 Å². The van der Waals surface area contributed by atoms with Crippen LogP contribution in [-0.2, 0) is 13.2 Å². The summed E-state index contributed by atoms with van der Waals surface area (Å²) in [6.45, 7) is 5.69. The zero-order valence-corrected chi connectivity index (χ0v) is 11.8. The lowest BCUT2D eigenvalue weighted by atomic mass is 10.2. The summed E-state index contributed by atoms with van der Waals surface area (Å²) in [6.07, 6.45) is 1.03. The number of halogens is 1. The average molecular weight is 278 g/mol. The molecule has 0 fully saturated rings. The van der Waals surface area contributed by atoms with E-state index in [1.807, 2.05) is 13.0 Å². The van der Waals surface area contributed by atoms with Crippen LogP contribution in [0.1, 0.15) is 30.4 Å². The minimum atomic E-state index is -0.263. The zero-order chi connectivity index (χ0) is 14.4. The third kappa shape index (κ3) is 4.06. The highest BCUT2D eigenvalue weighted by atomic mass is 19.1. The van der Waals surface area contributed by atoms with Gasteiger partial charge in [0.25, 0.3) is 0 Å². The van der Waals surface area contributed by atoms with E-state index in [1.54, 1.807) is 6.07 Å². The highest BCUT2D eigenvalue weighted by Crippen LogP contribution is 2.21. The van der Waals surface area contributed by atoms with Crippen molar-refractivity contribution < 1.29 is 13.7 Å². The van der Waals surface area contributed by atoms with Crippen molar-refractivity contribution in [2.75, 3.05) is 6.54 Å². The Morgan fingerprint density at radius 2 is 2.20 bits per heavy atom. The van der Waals surface area contributed by atoms with Crippen molar-refractivity contribution in [3.05, 3.63) is 47.1 Å². The molecule has 4 nitrogen and oxygen atoms in total. The first-order valence-corrected chi connectivity index (χ1v) is 6.73. The summed E-state index contributed by atoms with van der Waals surface area (Å²) in [7, 11) is 0. The Balaban J connectivity index is 2.01. The molecule has 0 aliphatic rings. The molecule has 0 spiro atoms. The number of nitrogens with zero attached hydrogens (tertiary/aromatic N) is 1. The van der Waals surface area contributed by atoms with Gasteiger partial charge in [-0.3, -0.25) is 0 Å². The fourth-order valence-corrected chi connectivity index (χ4v) is 1.86. The number of nitrogens with one attached hydrogen (secondary N) is 1. The number of benzene rings is 1. The van der Waals surface area contributed by atoms with Gasteiger partial charge in [-0.15, -0.1) is 0 Å². The fraction of sp³-hybridized carbons (Fsp3) is 0.400. The topological polar surface area (TPSA) is 47.3 Å². The Morgan fingerprint density at radius 3 is 2.90 bits per heavy atom. The number of hydrogen-bond donors (Lipinski definition) is 1. The van der Waals surface area contributed by atoms with Crippen molar-refractivity contribution in [2.24, 2.45) is 0 Å². The number of ether oxygens (including phenoxy) is 1. The van der Waals surface area contributed by atoms with E-state index in [9.17, 15) is 4.39 Å². The highest BCUT2D eigenvalue weighted by Gasteiger charge is 2.07. The van der Waals surface area contributed by atoms with E-state index in [2.05, 4.69) is 17.4 Å². The van der Waals surface area contributed by atoms with Gasteiger partial charge in [0.2, 0.25) is 0 Å². The Hall–Kier alpha value is -1.88. The predicted octanol–water partition coefficient (Wildman–Crippen LogP) is 3.20. The molecule has 0 saturated heterocycles. The summed E-state index contributed by atoms with van der Waals surface area (Å²) < 4.78 is 24.1. The molecule has 0 radical (unpaired) electrons. The molecule has 20 heavy (non-hydrogen) atoms. The van der Waals surface area contributed by atoms with Crippen LogP contribution in [0.4, 0.5) is 4.39 Å². The summed E-state index contributed by atoms with van der Waals surface area (Å²) >= 11 is 0. The molecule has 0 saturated carbocycles. The van der Waals surface area contributed by atoms with Gasteiger partial charge >= 0.3 is 0 Å². The SMILES string of the molecule is CCCNCc1cc(F)ccc1OCc1cc(C)no1. The number of aryl methyl sites for hydroxylation is 1. The maximum absolute atomic E-state index is 13.3. The molecule has 2 rings (SSSR count). The van der Waals surface area contributed by atoms with E-state index in [-0.39, 0.29) is 12.4 Å². The van der Waals surface area contributed by atoms with Crippen molar-refractivity contribution in [3.63, 3.8) is 0 Å². The maximum Gasteiger partial charge on any atom is 0.174 e. The summed E-state index contributed by atoms with van der Waals surface area (Å²) in [5, 5.41) is 7.04. The molecule has 1 aromatic carbocycles. The molecule has 0 bridgehead atoms. The van der Waals surface area contributed by atoms with Gasteiger partial charge in [0.15, 0.2) is 5.76 Å². The highest BCUT2D eigenvalue weighted by molar-refractivity contribution is 5.34. The molecule has 5 heteroatoms. The van der Waals surface area contributed by atoms with E-state index in [1.165, 1.54) is 12.1 Å². The van der Waals surface area contributed by atoms with Gasteiger partial charge in [-0.25, -0.2) is 4.39 Å². The van der Waals surface area contributed by atoms with Gasteiger partial charge in [0.1, 0.15) is 18.2 Å². The first-order valence-electron chi connectivity index (χ1n) is 6.73. The van der Waals surface area contributed by atoms with Crippen LogP contribution in [-0.4, -0.2) is 11.7 Å². The van der Waals surface area contributed by atoms with E-state index in [4.69, 9.17) is 9.26 Å². The van der Waals surface area contributed by atoms with Gasteiger partial charge in [0.05, 0.1) is 5.69 Å². The minimum absolute atomic E-state index is 0.263. The minimum Gasteiger partial charge on any atom is -0.485 e. The van der Waals surface area contributed by atoms with E-state index in [0.29, 0.717) is 18.1 Å². The second-order valence-electron chi connectivity index (χ2n) is 4.65. The quantitative estimate of drug-likeness (QED) is 0.790. The van der Waals surface area contributed by atoms with Crippen LogP contribution in [0.25, 0.3) is 0 Å². The number of hydrogen-bond acceptors (Lipinski definition) is 4. The monoisotopic (exact) mass is 278 g/mol. The molecule has 1 heterocycles. The van der Waals surface area contributed by atoms with Crippen LogP contribution in [0.2, 0.25) is 0 Å². The lowest BCUT2D eigenvalue weighted by Gasteiger charge is -2.11. The number of aromatic nitrogens is 1. The van der Waals surface area contributed by atoms with E-state index >= 15 is 0 Å². The summed E-state index contributed by atoms with van der Waals surface area (Å²) in [4.78, 5) is 0. The van der Waals surface area contributed by atoms with Crippen molar-refractivity contribution in [2.45, 2.75) is 33.4 Å². The summed E-state index contributed by atoms with van der Waals surface area (Å²) in [6, 6.07) is 6.34. The largest absolute Gasteiger partial charge is 0.485 e. The standard InChI is InChI=1S/C15H19FN2O2/c1-3-6-17-9-12-8-13(16)4-5-15(12)19-10-14-7-11(2)18-20-14/h4-5,7-8,17H,3,6,9-10H2,1-2H3. The average Bonchev–Trinajstić information content (AvgIpc) is 2.84. The summed E-state index contributed by atoms with van der Waals surface area (Å²) in [5.41, 5.74) is 1.61. The fourth-order valence-electron chi connectivity index (χ4n) is 1.86. The number of rotatable bonds is 7. The molecular formula is C15H19FN2O2. The first-order chi connectivity index (χ1) is 9.69. The van der Waals surface area contributed by atoms with Crippen molar-refractivity contribution in [3.8, 4) is 5.75 Å². The maximum atomic E-state index is 13.3. The van der Waals surface area contributed by atoms with E-state index in [0.717, 1.165) is 24.2 Å². The zero-order valence-electron chi connectivity index (χ0n) is 11.8. The lowest BCUT2D eigenvalue weighted by molar-refractivity contribution is 0.246. The second kappa shape index (κ2) is 7.05. The molecule has 0 unspecified atom stereocenters. The van der Waals surface area contributed by atoms with Crippen LogP contribution in [0.15, 0.2) is 28.8 Å². The Morgan fingerprint density at radius 1 is 1.35 bits per heavy atom. The third-order valence-corrected chi connectivity index (χ3v) is 2.81. The van der Waals surface area contributed by atoms with Gasteiger partial charge in [-0.2, -0.15) is 0 Å². The van der Waals surface area contributed by atoms with Crippen LogP contribution in [0, 0.1) is 12.7 Å². The molecule has 0 aliphatic carbocycles. The molecule has 2 aromatic rings. The van der Waals surface area contributed by atoms with Crippen molar-refractivity contribution in [1.82, 2.24) is 10.5 Å². The molecule has 1 N–H and O–H groups in total. The molecule has 108 valence electrons. The van der Waals surface area contributed by atoms with Crippen LogP contribution >= 0.6 is 0 Å². The first kappa shape index (κ1) is 14.5. The van der Waals surface area contributed by atoms with E-state index < -0.39 is 0 Å². The normalized spacial score (nSPS) is 10.8. The molecule has 0 amide bonds. The Kier molecular flexibility index (Phi) is 5.12. The van der Waals surface area contributed by atoms with Crippen molar-refractivity contribution >= 4 is 0 Å². The van der Waals surface area contributed by atoms with Gasteiger partial charge in [-0.05, 0) is 38.1 Å². The van der Waals surface area contributed by atoms with Crippen LogP contribution in [0.5, 0.6) is 5.75 Å². The molecular weight excluding hydrogens is 259 g/mol. The second-order valence-corrected chi connectivity index (χ2v) is 4.65. The molecule has 0 aliphatic heterocycles. The van der Waals surface area contributed by atoms with Crippen LogP contribution in [0.3, 0.4) is 0 Å². The Bertz CT molecular complexity index is 555. The summed E-state index contributed by atoms with van der Waals surface area (Å²) in [5.74, 6) is 1.05. The Labute approximate surface area is 117 Å². The van der Waals surface area contributed by atoms with Gasteiger partial charge in [0, 0.05) is 18.2 Å². The smallest absolute Gasteiger partial charge is 0.174 e. The molecule has 0 atom stereocenters. The van der Waals surface area contributed by atoms with Gasteiger partial charge in [-0.1, -0.05) is 12.1 Å². The predicted molar refractivity (Wildman–Crippen MR) is 74.0 cm³/mol. The lowest BCUT2D eigenvalue weighted by Crippen LogP contribution is -2.14. The van der Waals surface area contributed by atoms with Crippen LogP contribution < -0.4 is 10.1 Å². The third-order valence-electron chi connectivity index (χ3n) is 2.81. The van der Waals surface area contributed by atoms with Gasteiger partial charge < -0.3 is 14.6 Å².